The second-order valence-corrected chi connectivity index (χ2v) is 5.75. The highest BCUT2D eigenvalue weighted by Gasteiger charge is 2.17. The van der Waals surface area contributed by atoms with Gasteiger partial charge in [-0.25, -0.2) is 9.18 Å². The maximum absolute atomic E-state index is 13.5. The predicted octanol–water partition coefficient (Wildman–Crippen LogP) is 4.57. The topological polar surface area (TPSA) is 50.1 Å². The van der Waals surface area contributed by atoms with Crippen LogP contribution in [0.25, 0.3) is 0 Å². The number of halogens is 1. The average Bonchev–Trinajstić information content (AvgIpc) is 3.09. The fourth-order valence-corrected chi connectivity index (χ4v) is 2.97. The molecule has 2 aromatic carbocycles. The third-order valence-electron chi connectivity index (χ3n) is 4.24. The minimum atomic E-state index is -0.700. The Labute approximate surface area is 134 Å². The number of benzene rings is 2. The summed E-state index contributed by atoms with van der Waals surface area (Å²) in [7, 11) is 0. The number of nitrogens with zero attached hydrogens (tertiary/aromatic N) is 1. The molecule has 0 amide bonds. The van der Waals surface area contributed by atoms with Crippen LogP contribution >= 0.6 is 0 Å². The third-order valence-corrected chi connectivity index (χ3v) is 4.24. The van der Waals surface area contributed by atoms with Gasteiger partial charge in [-0.3, -0.25) is 0 Å². The first-order chi connectivity index (χ1) is 11.2. The van der Waals surface area contributed by atoms with Gasteiger partial charge in [0.05, 0.1) is 11.1 Å². The molecule has 116 valence electrons. The van der Waals surface area contributed by atoms with Crippen LogP contribution in [0.15, 0.2) is 42.5 Å². The number of nitriles is 1. The second-order valence-electron chi connectivity index (χ2n) is 5.75. The zero-order valence-corrected chi connectivity index (χ0v) is 12.6. The van der Waals surface area contributed by atoms with Crippen molar-refractivity contribution in [1.29, 1.82) is 5.26 Å². The number of hydrogen-bond donors (Lipinski definition) is 0. The van der Waals surface area contributed by atoms with Crippen molar-refractivity contribution in [2.24, 2.45) is 0 Å². The first-order valence-corrected chi connectivity index (χ1v) is 7.69. The average molecular weight is 309 g/mol. The lowest BCUT2D eigenvalue weighted by molar-refractivity contribution is 0.0734. The molecule has 1 aliphatic carbocycles. The van der Waals surface area contributed by atoms with Crippen LogP contribution in [-0.4, -0.2) is 5.97 Å². The number of carbonyl (C=O) groups excluding carboxylic acids is 1. The Morgan fingerprint density at radius 3 is 2.43 bits per heavy atom. The monoisotopic (exact) mass is 309 g/mol. The number of hydrogen-bond acceptors (Lipinski definition) is 3. The van der Waals surface area contributed by atoms with Gasteiger partial charge in [0.15, 0.2) is 0 Å². The molecule has 0 radical (unpaired) electrons. The highest BCUT2D eigenvalue weighted by molar-refractivity contribution is 5.91. The van der Waals surface area contributed by atoms with Crippen LogP contribution in [0.4, 0.5) is 4.39 Å². The van der Waals surface area contributed by atoms with Gasteiger partial charge in [0.25, 0.3) is 0 Å². The molecule has 0 aromatic heterocycles. The molecular weight excluding hydrogens is 293 g/mol. The highest BCUT2D eigenvalue weighted by atomic mass is 19.1. The third kappa shape index (κ3) is 3.40. The lowest BCUT2D eigenvalue weighted by atomic mass is 9.97. The van der Waals surface area contributed by atoms with Crippen molar-refractivity contribution in [2.45, 2.75) is 31.6 Å². The van der Waals surface area contributed by atoms with Crippen molar-refractivity contribution in [3.63, 3.8) is 0 Å². The largest absolute Gasteiger partial charge is 0.423 e. The summed E-state index contributed by atoms with van der Waals surface area (Å²) in [6.45, 7) is 0. The van der Waals surface area contributed by atoms with Gasteiger partial charge in [0.1, 0.15) is 17.6 Å². The predicted molar refractivity (Wildman–Crippen MR) is 83.7 cm³/mol. The Morgan fingerprint density at radius 1 is 1.13 bits per heavy atom. The van der Waals surface area contributed by atoms with Gasteiger partial charge in [0.2, 0.25) is 0 Å². The zero-order valence-electron chi connectivity index (χ0n) is 12.6. The van der Waals surface area contributed by atoms with Crippen molar-refractivity contribution < 1.29 is 13.9 Å². The van der Waals surface area contributed by atoms with Crippen molar-refractivity contribution in [1.82, 2.24) is 0 Å². The van der Waals surface area contributed by atoms with E-state index in [0.29, 0.717) is 11.5 Å². The van der Waals surface area contributed by atoms with E-state index in [9.17, 15) is 9.18 Å². The van der Waals surface area contributed by atoms with Crippen LogP contribution in [0.5, 0.6) is 5.75 Å². The molecule has 1 fully saturated rings. The first-order valence-electron chi connectivity index (χ1n) is 7.69. The summed E-state index contributed by atoms with van der Waals surface area (Å²) in [4.78, 5) is 12.1. The minimum Gasteiger partial charge on any atom is -0.423 e. The van der Waals surface area contributed by atoms with E-state index in [-0.39, 0.29) is 11.3 Å². The van der Waals surface area contributed by atoms with E-state index in [1.54, 1.807) is 18.2 Å². The SMILES string of the molecule is N#Cc1ccc(OC(=O)c2ccc(C3CCCC3)cc2)cc1F. The van der Waals surface area contributed by atoms with Crippen LogP contribution in [0, 0.1) is 17.1 Å². The van der Waals surface area contributed by atoms with Gasteiger partial charge in [0, 0.05) is 6.07 Å². The molecule has 3 nitrogen and oxygen atoms in total. The molecule has 0 aliphatic heterocycles. The smallest absolute Gasteiger partial charge is 0.343 e. The minimum absolute atomic E-state index is 0.0780. The fourth-order valence-electron chi connectivity index (χ4n) is 2.97. The summed E-state index contributed by atoms with van der Waals surface area (Å²) in [6.07, 6.45) is 4.93. The van der Waals surface area contributed by atoms with Crippen LogP contribution in [0.2, 0.25) is 0 Å². The molecule has 1 saturated carbocycles. The molecule has 0 spiro atoms. The van der Waals surface area contributed by atoms with Gasteiger partial charge >= 0.3 is 5.97 Å². The number of carbonyl (C=O) groups is 1. The van der Waals surface area contributed by atoms with Crippen molar-refractivity contribution >= 4 is 5.97 Å². The van der Waals surface area contributed by atoms with Crippen molar-refractivity contribution in [3.05, 3.63) is 65.0 Å². The van der Waals surface area contributed by atoms with Crippen molar-refractivity contribution in [2.75, 3.05) is 0 Å². The van der Waals surface area contributed by atoms with E-state index in [4.69, 9.17) is 10.00 Å². The molecule has 0 heterocycles. The molecule has 0 N–H and O–H groups in total. The highest BCUT2D eigenvalue weighted by Crippen LogP contribution is 2.34. The zero-order chi connectivity index (χ0) is 16.2. The van der Waals surface area contributed by atoms with Crippen LogP contribution in [0.3, 0.4) is 0 Å². The van der Waals surface area contributed by atoms with E-state index >= 15 is 0 Å². The number of ether oxygens (including phenoxy) is 1. The summed E-state index contributed by atoms with van der Waals surface area (Å²) < 4.78 is 18.7. The summed E-state index contributed by atoms with van der Waals surface area (Å²) in [5, 5.41) is 8.69. The lowest BCUT2D eigenvalue weighted by Gasteiger charge is -2.10. The Morgan fingerprint density at radius 2 is 1.83 bits per heavy atom. The number of esters is 1. The summed E-state index contributed by atoms with van der Waals surface area (Å²) in [6, 6.07) is 12.9. The molecule has 0 bridgehead atoms. The maximum atomic E-state index is 13.5. The van der Waals surface area contributed by atoms with Gasteiger partial charge in [-0.05, 0) is 48.6 Å². The van der Waals surface area contributed by atoms with Crippen molar-refractivity contribution in [3.8, 4) is 11.8 Å². The maximum Gasteiger partial charge on any atom is 0.343 e. The second kappa shape index (κ2) is 6.62. The quantitative estimate of drug-likeness (QED) is 0.616. The van der Waals surface area contributed by atoms with Crippen LogP contribution < -0.4 is 4.74 Å². The van der Waals surface area contributed by atoms with Crippen LogP contribution in [0.1, 0.15) is 53.1 Å². The van der Waals surface area contributed by atoms with E-state index in [1.807, 2.05) is 12.1 Å². The Balaban J connectivity index is 1.70. The van der Waals surface area contributed by atoms with Gasteiger partial charge < -0.3 is 4.74 Å². The summed E-state index contributed by atoms with van der Waals surface area (Å²) >= 11 is 0. The molecule has 23 heavy (non-hydrogen) atoms. The van der Waals surface area contributed by atoms with Gasteiger partial charge in [-0.15, -0.1) is 0 Å². The van der Waals surface area contributed by atoms with E-state index in [1.165, 1.54) is 43.4 Å². The molecule has 1 aliphatic rings. The number of rotatable bonds is 3. The van der Waals surface area contributed by atoms with Crippen LogP contribution in [-0.2, 0) is 0 Å². The Hall–Kier alpha value is -2.67. The Bertz CT molecular complexity index is 756. The van der Waals surface area contributed by atoms with E-state index < -0.39 is 11.8 Å². The molecule has 3 rings (SSSR count). The summed E-state index contributed by atoms with van der Waals surface area (Å²) in [5.41, 5.74) is 1.60. The van der Waals surface area contributed by atoms with Gasteiger partial charge in [-0.2, -0.15) is 5.26 Å². The molecule has 2 aromatic rings. The molecule has 4 heteroatoms. The fraction of sp³-hybridized carbons (Fsp3) is 0.263. The van der Waals surface area contributed by atoms with Gasteiger partial charge in [-0.1, -0.05) is 25.0 Å². The molecule has 0 unspecified atom stereocenters. The molecule has 0 atom stereocenters. The normalized spacial score (nSPS) is 14.4. The molecule has 0 saturated heterocycles. The Kier molecular flexibility index (Phi) is 4.38. The first kappa shape index (κ1) is 15.2. The van der Waals surface area contributed by atoms with E-state index in [0.717, 1.165) is 6.07 Å². The lowest BCUT2D eigenvalue weighted by Crippen LogP contribution is -2.09. The standard InChI is InChI=1S/C19H16FNO2/c20-18-11-17(10-9-16(18)12-21)23-19(22)15-7-5-14(6-8-15)13-3-1-2-4-13/h5-11,13H,1-4H2. The molecular formula is C19H16FNO2. The summed E-state index contributed by atoms with van der Waals surface area (Å²) in [5.74, 6) is -0.555. The van der Waals surface area contributed by atoms with E-state index in [2.05, 4.69) is 0 Å².